The van der Waals surface area contributed by atoms with Crippen molar-refractivity contribution >= 4 is 56.0 Å². The van der Waals surface area contributed by atoms with Crippen LogP contribution < -0.4 is 4.90 Å². The molecule has 10 heteroatoms. The summed E-state index contributed by atoms with van der Waals surface area (Å²) in [6, 6.07) is 12.6. The molecule has 0 bridgehead atoms. The van der Waals surface area contributed by atoms with E-state index in [2.05, 4.69) is 60.9 Å². The van der Waals surface area contributed by atoms with Gasteiger partial charge in [-0.3, -0.25) is 4.90 Å². The maximum Gasteiger partial charge on any atom is 0.519 e. The van der Waals surface area contributed by atoms with Crippen LogP contribution in [0.1, 0.15) is 85.4 Å². The molecule has 0 aromatic heterocycles. The van der Waals surface area contributed by atoms with E-state index in [1.165, 1.54) is 34.9 Å². The van der Waals surface area contributed by atoms with Crippen LogP contribution in [0.25, 0.3) is 0 Å². The molecule has 0 fully saturated rings. The highest BCUT2D eigenvalue weighted by Gasteiger charge is 2.29. The van der Waals surface area contributed by atoms with Crippen LogP contribution in [0, 0.1) is 0 Å². The number of amides is 1. The highest BCUT2D eigenvalue weighted by Crippen LogP contribution is 2.31. The molecular formula is C32H43Br2NO7. The third-order valence-corrected chi connectivity index (χ3v) is 6.54. The van der Waals surface area contributed by atoms with Gasteiger partial charge in [0.15, 0.2) is 0 Å². The number of carbonyl (C=O) groups excluding carboxylic acids is 3. The quantitative estimate of drug-likeness (QED) is 0.153. The second-order valence-electron chi connectivity index (χ2n) is 13.0. The van der Waals surface area contributed by atoms with Crippen molar-refractivity contribution in [2.45, 2.75) is 105 Å². The lowest BCUT2D eigenvalue weighted by atomic mass is 10.1. The van der Waals surface area contributed by atoms with Gasteiger partial charge in [-0.15, -0.1) is 0 Å². The summed E-state index contributed by atoms with van der Waals surface area (Å²) in [7, 11) is 0. The lowest BCUT2D eigenvalue weighted by Crippen LogP contribution is -2.35. The van der Waals surface area contributed by atoms with Gasteiger partial charge in [-0.05, 0) is 135 Å². The predicted molar refractivity (Wildman–Crippen MR) is 171 cm³/mol. The summed E-state index contributed by atoms with van der Waals surface area (Å²) in [6.45, 7) is 16.4. The Bertz CT molecular complexity index is 1230. The number of benzene rings is 2. The first-order valence-corrected chi connectivity index (χ1v) is 15.5. The first kappa shape index (κ1) is 35.6. The topological polar surface area (TPSA) is 91.4 Å². The Morgan fingerprint density at radius 3 is 1.64 bits per heavy atom. The van der Waals surface area contributed by atoms with E-state index in [1.54, 1.807) is 52.0 Å². The Hall–Kier alpha value is -2.59. The Morgan fingerprint density at radius 1 is 0.643 bits per heavy atom. The van der Waals surface area contributed by atoms with E-state index in [9.17, 15) is 14.4 Å². The summed E-state index contributed by atoms with van der Waals surface area (Å²) < 4.78 is 21.4. The summed E-state index contributed by atoms with van der Waals surface area (Å²) in [6.07, 6.45) is 2.39. The van der Waals surface area contributed by atoms with Crippen molar-refractivity contribution in [3.63, 3.8) is 0 Å². The van der Waals surface area contributed by atoms with Crippen molar-refractivity contribution in [2.24, 2.45) is 0 Å². The van der Waals surface area contributed by atoms with Gasteiger partial charge >= 0.3 is 18.4 Å². The minimum Gasteiger partial charge on any atom is -0.443 e. The standard InChI is InChI=1S/C13H16BrNO2.C10H18O5.C9H9Br/c1-13(2,3)17-12(16)15-7-6-9-8-10(14)4-5-11(9)15;1-9(2,3)14-7(11)13-8(12)15-10(4,5)6;10-9-5-4-7-2-1-3-8(7)6-9/h4-5,8H,6-7H2,1-3H3;1-6H3;4-6H,1-3H2. The molecule has 1 aliphatic carbocycles. The Morgan fingerprint density at radius 2 is 1.12 bits per heavy atom. The van der Waals surface area contributed by atoms with Crippen LogP contribution >= 0.6 is 31.9 Å². The zero-order valence-corrected chi connectivity index (χ0v) is 29.2. The molecule has 0 saturated heterocycles. The molecule has 2 aromatic rings. The van der Waals surface area contributed by atoms with Crippen LogP contribution in [-0.4, -0.2) is 41.8 Å². The number of rotatable bonds is 0. The van der Waals surface area contributed by atoms with Crippen LogP contribution in [0.15, 0.2) is 45.3 Å². The monoisotopic (exact) mass is 711 g/mol. The summed E-state index contributed by atoms with van der Waals surface area (Å²) >= 11 is 6.90. The fraction of sp³-hybridized carbons (Fsp3) is 0.531. The lowest BCUT2D eigenvalue weighted by Gasteiger charge is -2.24. The number of halogens is 2. The first-order chi connectivity index (χ1) is 19.2. The molecular weight excluding hydrogens is 670 g/mol. The van der Waals surface area contributed by atoms with Crippen LogP contribution in [0.2, 0.25) is 0 Å². The summed E-state index contributed by atoms with van der Waals surface area (Å²) in [5.74, 6) is 0. The van der Waals surface area contributed by atoms with Gasteiger partial charge in [0.1, 0.15) is 16.8 Å². The van der Waals surface area contributed by atoms with Crippen LogP contribution in [-0.2, 0) is 38.2 Å². The smallest absolute Gasteiger partial charge is 0.443 e. The van der Waals surface area contributed by atoms with E-state index in [-0.39, 0.29) is 6.09 Å². The molecule has 1 heterocycles. The van der Waals surface area contributed by atoms with Crippen molar-refractivity contribution < 1.29 is 33.3 Å². The number of fused-ring (bicyclic) bond motifs is 2. The van der Waals surface area contributed by atoms with Gasteiger partial charge in [-0.1, -0.05) is 37.9 Å². The number of hydrogen-bond acceptors (Lipinski definition) is 7. The van der Waals surface area contributed by atoms with E-state index in [0.29, 0.717) is 6.54 Å². The Labute approximate surface area is 266 Å². The van der Waals surface area contributed by atoms with Gasteiger partial charge in [0.05, 0.1) is 5.69 Å². The van der Waals surface area contributed by atoms with E-state index >= 15 is 0 Å². The molecule has 232 valence electrons. The van der Waals surface area contributed by atoms with Crippen LogP contribution in [0.3, 0.4) is 0 Å². The van der Waals surface area contributed by atoms with Crippen molar-refractivity contribution in [2.75, 3.05) is 11.4 Å². The molecule has 0 spiro atoms. The van der Waals surface area contributed by atoms with Crippen LogP contribution in [0.4, 0.5) is 20.1 Å². The maximum atomic E-state index is 12.0. The second kappa shape index (κ2) is 14.7. The average Bonchev–Trinajstić information content (AvgIpc) is 3.42. The first-order valence-electron chi connectivity index (χ1n) is 13.9. The molecule has 0 atom stereocenters. The molecule has 0 N–H and O–H groups in total. The SMILES string of the molecule is Brc1ccc2c(c1)CCC2.CC(C)(C)OC(=O)N1CCc2cc(Br)ccc21.CC(C)(C)OC(=O)OC(=O)OC(C)(C)C. The van der Waals surface area contributed by atoms with Gasteiger partial charge in [-0.25, -0.2) is 14.4 Å². The van der Waals surface area contributed by atoms with E-state index in [1.807, 2.05) is 32.9 Å². The Balaban J connectivity index is 0.000000227. The second-order valence-corrected chi connectivity index (χ2v) is 14.8. The number of carbonyl (C=O) groups is 3. The normalized spacial score (nSPS) is 13.8. The lowest BCUT2D eigenvalue weighted by molar-refractivity contribution is -0.0294. The number of aryl methyl sites for hydroxylation is 2. The maximum absolute atomic E-state index is 12.0. The number of ether oxygens (including phenoxy) is 4. The van der Waals surface area contributed by atoms with Gasteiger partial charge in [0.2, 0.25) is 0 Å². The zero-order chi connectivity index (χ0) is 31.9. The fourth-order valence-electron chi connectivity index (χ4n) is 4.03. The fourth-order valence-corrected chi connectivity index (χ4v) is 4.84. The van der Waals surface area contributed by atoms with Gasteiger partial charge in [0, 0.05) is 15.5 Å². The van der Waals surface area contributed by atoms with Crippen molar-refractivity contribution in [1.82, 2.24) is 0 Å². The molecule has 42 heavy (non-hydrogen) atoms. The largest absolute Gasteiger partial charge is 0.519 e. The molecule has 8 nitrogen and oxygen atoms in total. The zero-order valence-electron chi connectivity index (χ0n) is 26.1. The van der Waals surface area contributed by atoms with Gasteiger partial charge in [0.25, 0.3) is 0 Å². The number of hydrogen-bond donors (Lipinski definition) is 0. The highest BCUT2D eigenvalue weighted by atomic mass is 79.9. The summed E-state index contributed by atoms with van der Waals surface area (Å²) in [5.41, 5.74) is 3.39. The van der Waals surface area contributed by atoms with Crippen molar-refractivity contribution in [3.05, 3.63) is 62.0 Å². The Kier molecular flexibility index (Phi) is 12.5. The molecule has 0 radical (unpaired) electrons. The third kappa shape index (κ3) is 13.2. The molecule has 0 unspecified atom stereocenters. The van der Waals surface area contributed by atoms with E-state index in [0.717, 1.165) is 16.6 Å². The summed E-state index contributed by atoms with van der Waals surface area (Å²) in [5, 5.41) is 0. The molecule has 2 aliphatic rings. The number of nitrogens with zero attached hydrogens (tertiary/aromatic N) is 1. The van der Waals surface area contributed by atoms with E-state index in [4.69, 9.17) is 14.2 Å². The van der Waals surface area contributed by atoms with Crippen molar-refractivity contribution in [1.29, 1.82) is 0 Å². The predicted octanol–water partition coefficient (Wildman–Crippen LogP) is 9.56. The summed E-state index contributed by atoms with van der Waals surface area (Å²) in [4.78, 5) is 35.7. The molecule has 1 aliphatic heterocycles. The van der Waals surface area contributed by atoms with Crippen molar-refractivity contribution in [3.8, 4) is 0 Å². The minimum atomic E-state index is -1.06. The third-order valence-electron chi connectivity index (χ3n) is 5.56. The molecule has 0 saturated carbocycles. The highest BCUT2D eigenvalue weighted by molar-refractivity contribution is 9.10. The average molecular weight is 714 g/mol. The minimum absolute atomic E-state index is 0.265. The number of anilines is 1. The van der Waals surface area contributed by atoms with Gasteiger partial charge < -0.3 is 18.9 Å². The molecule has 2 aromatic carbocycles. The molecule has 4 rings (SSSR count). The molecule has 1 amide bonds. The van der Waals surface area contributed by atoms with Gasteiger partial charge in [-0.2, -0.15) is 0 Å². The van der Waals surface area contributed by atoms with Crippen LogP contribution in [0.5, 0.6) is 0 Å². The van der Waals surface area contributed by atoms with E-state index < -0.39 is 29.1 Å².